The Labute approximate surface area is 157 Å². The zero-order chi connectivity index (χ0) is 19.4. The number of aromatic nitrogens is 2. The van der Waals surface area contributed by atoms with Gasteiger partial charge in [0.2, 0.25) is 10.0 Å². The number of hydrogen-bond donors (Lipinski definition) is 1. The molecule has 1 fully saturated rings. The van der Waals surface area contributed by atoms with Crippen LogP contribution in [0.5, 0.6) is 0 Å². The molecule has 0 amide bonds. The lowest BCUT2D eigenvalue weighted by Crippen LogP contribution is -2.31. The van der Waals surface area contributed by atoms with E-state index in [2.05, 4.69) is 19.6 Å². The number of benzene rings is 1. The molecule has 9 nitrogen and oxygen atoms in total. The van der Waals surface area contributed by atoms with Crippen LogP contribution in [0.25, 0.3) is 0 Å². The van der Waals surface area contributed by atoms with Gasteiger partial charge >= 0.3 is 0 Å². The van der Waals surface area contributed by atoms with Gasteiger partial charge in [-0.1, -0.05) is 6.07 Å². The molecule has 0 spiro atoms. The van der Waals surface area contributed by atoms with Crippen molar-refractivity contribution >= 4 is 21.5 Å². The Hall–Kier alpha value is -2.59. The maximum Gasteiger partial charge on any atom is 0.270 e. The Kier molecular flexibility index (Phi) is 5.66. The number of nitrogens with one attached hydrogen (secondary N) is 1. The van der Waals surface area contributed by atoms with E-state index in [0.717, 1.165) is 43.5 Å². The molecule has 10 heteroatoms. The van der Waals surface area contributed by atoms with Gasteiger partial charge in [0.1, 0.15) is 11.6 Å². The van der Waals surface area contributed by atoms with E-state index in [1.54, 1.807) is 0 Å². The second-order valence-corrected chi connectivity index (χ2v) is 8.18. The van der Waals surface area contributed by atoms with Crippen LogP contribution in [0.2, 0.25) is 0 Å². The minimum Gasteiger partial charge on any atom is -0.357 e. The van der Waals surface area contributed by atoms with Crippen LogP contribution in [-0.2, 0) is 16.6 Å². The van der Waals surface area contributed by atoms with Crippen molar-refractivity contribution in [2.24, 2.45) is 0 Å². The van der Waals surface area contributed by atoms with E-state index in [1.165, 1.54) is 24.6 Å². The summed E-state index contributed by atoms with van der Waals surface area (Å²) in [6.45, 7) is 3.60. The van der Waals surface area contributed by atoms with Gasteiger partial charge in [0.15, 0.2) is 0 Å². The molecule has 1 aliphatic rings. The summed E-state index contributed by atoms with van der Waals surface area (Å²) in [6, 6.07) is 6.81. The monoisotopic (exact) mass is 391 g/mol. The summed E-state index contributed by atoms with van der Waals surface area (Å²) in [5, 5.41) is 10.9. The number of sulfonamides is 1. The highest BCUT2D eigenvalue weighted by Crippen LogP contribution is 2.19. The van der Waals surface area contributed by atoms with Crippen molar-refractivity contribution in [2.75, 3.05) is 18.0 Å². The number of anilines is 1. The molecule has 1 saturated heterocycles. The summed E-state index contributed by atoms with van der Waals surface area (Å²) < 4.78 is 27.3. The molecular formula is C17H21N5O4S. The van der Waals surface area contributed by atoms with E-state index in [4.69, 9.17) is 0 Å². The zero-order valence-electron chi connectivity index (χ0n) is 15.0. The molecule has 1 N–H and O–H groups in total. The number of hydrogen-bond acceptors (Lipinski definition) is 7. The molecule has 0 bridgehead atoms. The lowest BCUT2D eigenvalue weighted by atomic mass is 10.1. The van der Waals surface area contributed by atoms with Crippen LogP contribution in [0.3, 0.4) is 0 Å². The van der Waals surface area contributed by atoms with E-state index in [9.17, 15) is 18.5 Å². The fourth-order valence-corrected chi connectivity index (χ4v) is 4.00. The SMILES string of the molecule is Cc1cc(N2CCCCC2)nc(CNS(=O)(=O)c2cccc([N+](=O)[O-])c2)n1. The molecule has 0 saturated carbocycles. The van der Waals surface area contributed by atoms with Crippen molar-refractivity contribution in [3.05, 3.63) is 52.0 Å². The highest BCUT2D eigenvalue weighted by Gasteiger charge is 2.19. The first-order chi connectivity index (χ1) is 12.8. The van der Waals surface area contributed by atoms with Gasteiger partial charge in [-0.2, -0.15) is 0 Å². The summed E-state index contributed by atoms with van der Waals surface area (Å²) in [4.78, 5) is 21.0. The molecule has 1 aromatic carbocycles. The van der Waals surface area contributed by atoms with Crippen LogP contribution in [0.15, 0.2) is 35.2 Å². The normalized spacial score (nSPS) is 14.9. The number of non-ortho nitro benzene ring substituents is 1. The summed E-state index contributed by atoms with van der Waals surface area (Å²) in [5.41, 5.74) is 0.479. The lowest BCUT2D eigenvalue weighted by molar-refractivity contribution is -0.385. The molecule has 2 heterocycles. The van der Waals surface area contributed by atoms with E-state index in [0.29, 0.717) is 5.82 Å². The fourth-order valence-electron chi connectivity index (χ4n) is 2.98. The topological polar surface area (TPSA) is 118 Å². The third kappa shape index (κ3) is 4.77. The van der Waals surface area contributed by atoms with Crippen LogP contribution in [0.1, 0.15) is 30.8 Å². The number of nitro groups is 1. The molecule has 1 aromatic heterocycles. The van der Waals surface area contributed by atoms with Crippen LogP contribution in [0.4, 0.5) is 11.5 Å². The number of nitrogens with zero attached hydrogens (tertiary/aromatic N) is 4. The molecule has 1 aliphatic heterocycles. The second-order valence-electron chi connectivity index (χ2n) is 6.41. The number of rotatable bonds is 6. The van der Waals surface area contributed by atoms with E-state index >= 15 is 0 Å². The van der Waals surface area contributed by atoms with E-state index < -0.39 is 14.9 Å². The van der Waals surface area contributed by atoms with Crippen molar-refractivity contribution < 1.29 is 13.3 Å². The molecule has 2 aromatic rings. The van der Waals surface area contributed by atoms with Crippen molar-refractivity contribution in [1.82, 2.24) is 14.7 Å². The smallest absolute Gasteiger partial charge is 0.270 e. The first-order valence-corrected chi connectivity index (χ1v) is 10.2. The van der Waals surface area contributed by atoms with Gasteiger partial charge in [0.05, 0.1) is 16.4 Å². The molecule has 0 atom stereocenters. The van der Waals surface area contributed by atoms with Crippen molar-refractivity contribution in [1.29, 1.82) is 0 Å². The van der Waals surface area contributed by atoms with Gasteiger partial charge in [0.25, 0.3) is 5.69 Å². The minimum absolute atomic E-state index is 0.0897. The third-order valence-electron chi connectivity index (χ3n) is 4.33. The third-order valence-corrected chi connectivity index (χ3v) is 5.73. The summed E-state index contributed by atoms with van der Waals surface area (Å²) in [7, 11) is -3.91. The molecule has 144 valence electrons. The summed E-state index contributed by atoms with van der Waals surface area (Å²) >= 11 is 0. The first-order valence-electron chi connectivity index (χ1n) is 8.69. The van der Waals surface area contributed by atoms with Crippen molar-refractivity contribution in [3.63, 3.8) is 0 Å². The minimum atomic E-state index is -3.91. The second kappa shape index (κ2) is 7.97. The van der Waals surface area contributed by atoms with Gasteiger partial charge < -0.3 is 4.90 Å². The van der Waals surface area contributed by atoms with Gasteiger partial charge in [-0.25, -0.2) is 23.1 Å². The van der Waals surface area contributed by atoms with Crippen LogP contribution < -0.4 is 9.62 Å². The maximum atomic E-state index is 12.5. The largest absolute Gasteiger partial charge is 0.357 e. The first kappa shape index (κ1) is 19.2. The summed E-state index contributed by atoms with van der Waals surface area (Å²) in [5.74, 6) is 1.16. The number of aryl methyl sites for hydroxylation is 1. The van der Waals surface area contributed by atoms with E-state index in [-0.39, 0.29) is 17.1 Å². The maximum absolute atomic E-state index is 12.5. The molecule has 0 unspecified atom stereocenters. The van der Waals surface area contributed by atoms with Crippen molar-refractivity contribution in [2.45, 2.75) is 37.6 Å². The standard InChI is InChI=1S/C17H21N5O4S/c1-13-10-17(21-8-3-2-4-9-21)20-16(19-13)12-18-27(25,26)15-7-5-6-14(11-15)22(23)24/h5-7,10-11,18H,2-4,8-9,12H2,1H3. The van der Waals surface area contributed by atoms with Gasteiger partial charge in [-0.3, -0.25) is 10.1 Å². The summed E-state index contributed by atoms with van der Waals surface area (Å²) in [6.07, 6.45) is 3.42. The lowest BCUT2D eigenvalue weighted by Gasteiger charge is -2.28. The average molecular weight is 391 g/mol. The van der Waals surface area contributed by atoms with Gasteiger partial charge in [-0.15, -0.1) is 0 Å². The Morgan fingerprint density at radius 2 is 1.93 bits per heavy atom. The van der Waals surface area contributed by atoms with Crippen LogP contribution in [-0.4, -0.2) is 36.4 Å². The average Bonchev–Trinajstić information content (AvgIpc) is 2.67. The van der Waals surface area contributed by atoms with Gasteiger partial charge in [-0.05, 0) is 32.3 Å². The predicted molar refractivity (Wildman–Crippen MR) is 100.0 cm³/mol. The number of piperidine rings is 1. The Morgan fingerprint density at radius 3 is 2.63 bits per heavy atom. The van der Waals surface area contributed by atoms with E-state index in [1.807, 2.05) is 13.0 Å². The van der Waals surface area contributed by atoms with Gasteiger partial charge in [0, 0.05) is 37.0 Å². The van der Waals surface area contributed by atoms with Crippen LogP contribution in [0, 0.1) is 17.0 Å². The molecule has 0 aliphatic carbocycles. The highest BCUT2D eigenvalue weighted by molar-refractivity contribution is 7.89. The Morgan fingerprint density at radius 1 is 1.19 bits per heavy atom. The Bertz CT molecular complexity index is 942. The molecule has 0 radical (unpaired) electrons. The van der Waals surface area contributed by atoms with Crippen molar-refractivity contribution in [3.8, 4) is 0 Å². The predicted octanol–water partition coefficient (Wildman–Crippen LogP) is 2.16. The Balaban J connectivity index is 1.76. The quantitative estimate of drug-likeness (QED) is 0.592. The fraction of sp³-hybridized carbons (Fsp3) is 0.412. The van der Waals surface area contributed by atoms with Crippen LogP contribution >= 0.6 is 0 Å². The molecule has 27 heavy (non-hydrogen) atoms. The molecular weight excluding hydrogens is 370 g/mol. The number of nitro benzene ring substituents is 1. The molecule has 3 rings (SSSR count). The zero-order valence-corrected chi connectivity index (χ0v) is 15.8. The highest BCUT2D eigenvalue weighted by atomic mass is 32.2.